The lowest BCUT2D eigenvalue weighted by Gasteiger charge is -2.10. The molecule has 2 rings (SSSR count). The van der Waals surface area contributed by atoms with Gasteiger partial charge in [-0.2, -0.15) is 9.94 Å². The molecule has 0 spiro atoms. The molecule has 1 aromatic carbocycles. The first kappa shape index (κ1) is 14.3. The third-order valence-corrected chi connectivity index (χ3v) is 3.87. The van der Waals surface area contributed by atoms with Crippen molar-refractivity contribution in [2.75, 3.05) is 12.9 Å². The first-order valence-corrected chi connectivity index (χ1v) is 7.10. The first-order chi connectivity index (χ1) is 9.65. The highest BCUT2D eigenvalue weighted by Crippen LogP contribution is 2.27. The average molecular weight is 289 g/mol. The Morgan fingerprint density at radius 2 is 2.30 bits per heavy atom. The fourth-order valence-corrected chi connectivity index (χ4v) is 2.45. The van der Waals surface area contributed by atoms with Crippen LogP contribution in [0.1, 0.15) is 12.5 Å². The van der Waals surface area contributed by atoms with E-state index in [-0.39, 0.29) is 5.92 Å². The summed E-state index contributed by atoms with van der Waals surface area (Å²) >= 11 is 1.46. The van der Waals surface area contributed by atoms with Crippen molar-refractivity contribution >= 4 is 11.8 Å². The quantitative estimate of drug-likeness (QED) is 0.786. The zero-order valence-electron chi connectivity index (χ0n) is 11.6. The van der Waals surface area contributed by atoms with Crippen LogP contribution in [-0.4, -0.2) is 33.1 Å². The molecule has 0 N–H and O–H groups in total. The van der Waals surface area contributed by atoms with Crippen LogP contribution in [0.3, 0.4) is 0 Å². The molecule has 0 aliphatic carbocycles. The maximum absolute atomic E-state index is 8.83. The SMILES string of the molecule is COc1ccc(C)cc1-n1nnnc1SC[C@@H](C)C#N. The highest BCUT2D eigenvalue weighted by atomic mass is 32.2. The molecule has 7 heteroatoms. The number of thioether (sulfide) groups is 1. The van der Waals surface area contributed by atoms with Gasteiger partial charge in [-0.25, -0.2) is 0 Å². The van der Waals surface area contributed by atoms with Crippen molar-refractivity contribution in [1.82, 2.24) is 20.2 Å². The van der Waals surface area contributed by atoms with Gasteiger partial charge >= 0.3 is 0 Å². The average Bonchev–Trinajstić information content (AvgIpc) is 2.92. The summed E-state index contributed by atoms with van der Waals surface area (Å²) in [5.41, 5.74) is 1.89. The topological polar surface area (TPSA) is 76.6 Å². The zero-order valence-corrected chi connectivity index (χ0v) is 12.4. The lowest BCUT2D eigenvalue weighted by molar-refractivity contribution is 0.410. The summed E-state index contributed by atoms with van der Waals surface area (Å²) in [7, 11) is 1.61. The van der Waals surface area contributed by atoms with Crippen molar-refractivity contribution in [1.29, 1.82) is 5.26 Å². The normalized spacial score (nSPS) is 11.9. The van der Waals surface area contributed by atoms with E-state index in [1.807, 2.05) is 32.0 Å². The molecule has 2 aromatic rings. The number of hydrogen-bond donors (Lipinski definition) is 0. The molecule has 20 heavy (non-hydrogen) atoms. The molecule has 0 unspecified atom stereocenters. The molecule has 0 radical (unpaired) electrons. The fourth-order valence-electron chi connectivity index (χ4n) is 1.62. The summed E-state index contributed by atoms with van der Waals surface area (Å²) in [6.45, 7) is 3.87. The smallest absolute Gasteiger partial charge is 0.214 e. The van der Waals surface area contributed by atoms with Crippen LogP contribution in [0.2, 0.25) is 0 Å². The van der Waals surface area contributed by atoms with E-state index in [0.717, 1.165) is 11.3 Å². The fraction of sp³-hybridized carbons (Fsp3) is 0.385. The summed E-state index contributed by atoms with van der Waals surface area (Å²) in [6.07, 6.45) is 0. The molecule has 1 atom stereocenters. The van der Waals surface area contributed by atoms with Crippen LogP contribution in [0.5, 0.6) is 5.75 Å². The number of aromatic nitrogens is 4. The Morgan fingerprint density at radius 3 is 3.00 bits per heavy atom. The van der Waals surface area contributed by atoms with Crippen molar-refractivity contribution < 1.29 is 4.74 Å². The molecule has 1 heterocycles. The van der Waals surface area contributed by atoms with Crippen molar-refractivity contribution in [3.05, 3.63) is 23.8 Å². The van der Waals surface area contributed by atoms with Gasteiger partial charge in [-0.3, -0.25) is 0 Å². The molecule has 6 nitrogen and oxygen atoms in total. The maximum atomic E-state index is 8.83. The number of hydrogen-bond acceptors (Lipinski definition) is 6. The van der Waals surface area contributed by atoms with E-state index in [4.69, 9.17) is 10.00 Å². The summed E-state index contributed by atoms with van der Waals surface area (Å²) in [5, 5.41) is 21.2. The summed E-state index contributed by atoms with van der Waals surface area (Å²) < 4.78 is 6.99. The lowest BCUT2D eigenvalue weighted by Crippen LogP contribution is -2.04. The van der Waals surface area contributed by atoms with E-state index in [2.05, 4.69) is 21.6 Å². The molecule has 104 valence electrons. The van der Waals surface area contributed by atoms with Crippen LogP contribution >= 0.6 is 11.8 Å². The van der Waals surface area contributed by atoms with E-state index in [1.165, 1.54) is 11.8 Å². The van der Waals surface area contributed by atoms with Gasteiger partial charge in [0.05, 0.1) is 19.1 Å². The van der Waals surface area contributed by atoms with E-state index in [9.17, 15) is 0 Å². The highest BCUT2D eigenvalue weighted by Gasteiger charge is 2.14. The van der Waals surface area contributed by atoms with Gasteiger partial charge in [-0.15, -0.1) is 5.10 Å². The van der Waals surface area contributed by atoms with Gasteiger partial charge in [0, 0.05) is 5.75 Å². The molecule has 0 saturated heterocycles. The Bertz CT molecular complexity index is 634. The number of methoxy groups -OCH3 is 1. The predicted molar refractivity (Wildman–Crippen MR) is 75.9 cm³/mol. The molecule has 0 saturated carbocycles. The Labute approximate surface area is 121 Å². The minimum Gasteiger partial charge on any atom is -0.494 e. The van der Waals surface area contributed by atoms with Crippen LogP contribution in [0.4, 0.5) is 0 Å². The molecular weight excluding hydrogens is 274 g/mol. The van der Waals surface area contributed by atoms with Crippen LogP contribution < -0.4 is 4.74 Å². The van der Waals surface area contributed by atoms with Crippen molar-refractivity contribution in [3.8, 4) is 17.5 Å². The van der Waals surface area contributed by atoms with Crippen molar-refractivity contribution in [3.63, 3.8) is 0 Å². The number of nitriles is 1. The number of ether oxygens (including phenoxy) is 1. The lowest BCUT2D eigenvalue weighted by atomic mass is 10.2. The Morgan fingerprint density at radius 1 is 1.50 bits per heavy atom. The van der Waals surface area contributed by atoms with Crippen LogP contribution in [0, 0.1) is 24.2 Å². The molecule has 0 amide bonds. The molecule has 0 fully saturated rings. The standard InChI is InChI=1S/C13H15N5OS/c1-9-4-5-12(19-3)11(6-9)18-13(15-16-17-18)20-8-10(2)7-14/h4-6,10H,8H2,1-3H3/t10-/m0/s1. The Balaban J connectivity index is 2.32. The van der Waals surface area contributed by atoms with Crippen molar-refractivity contribution in [2.24, 2.45) is 5.92 Å². The number of aryl methyl sites for hydroxylation is 1. The largest absolute Gasteiger partial charge is 0.494 e. The van der Waals surface area contributed by atoms with Crippen LogP contribution in [0.25, 0.3) is 5.69 Å². The highest BCUT2D eigenvalue weighted by molar-refractivity contribution is 7.99. The number of rotatable bonds is 5. The van der Waals surface area contributed by atoms with Gasteiger partial charge in [-0.1, -0.05) is 17.8 Å². The summed E-state index contributed by atoms with van der Waals surface area (Å²) in [4.78, 5) is 0. The second kappa shape index (κ2) is 6.39. The Hall–Kier alpha value is -2.07. The molecular formula is C13H15N5OS. The molecule has 0 bridgehead atoms. The zero-order chi connectivity index (χ0) is 14.5. The van der Waals surface area contributed by atoms with Crippen LogP contribution in [0.15, 0.2) is 23.4 Å². The monoisotopic (exact) mass is 289 g/mol. The first-order valence-electron chi connectivity index (χ1n) is 6.11. The van der Waals surface area contributed by atoms with E-state index < -0.39 is 0 Å². The molecule has 0 aliphatic heterocycles. The number of nitrogens with zero attached hydrogens (tertiary/aromatic N) is 5. The molecule has 0 aliphatic rings. The maximum Gasteiger partial charge on any atom is 0.214 e. The number of tetrazole rings is 1. The minimum atomic E-state index is -0.0513. The summed E-state index contributed by atoms with van der Waals surface area (Å²) in [6, 6.07) is 8.02. The summed E-state index contributed by atoms with van der Waals surface area (Å²) in [5.74, 6) is 1.30. The second-order valence-electron chi connectivity index (χ2n) is 4.39. The van der Waals surface area contributed by atoms with E-state index in [1.54, 1.807) is 11.8 Å². The van der Waals surface area contributed by atoms with Gasteiger partial charge in [0.15, 0.2) is 0 Å². The van der Waals surface area contributed by atoms with Gasteiger partial charge in [-0.05, 0) is 42.0 Å². The van der Waals surface area contributed by atoms with E-state index >= 15 is 0 Å². The van der Waals surface area contributed by atoms with E-state index in [0.29, 0.717) is 16.7 Å². The third-order valence-electron chi connectivity index (χ3n) is 2.69. The Kier molecular flexibility index (Phi) is 4.58. The second-order valence-corrected chi connectivity index (χ2v) is 5.38. The minimum absolute atomic E-state index is 0.0513. The van der Waals surface area contributed by atoms with Gasteiger partial charge < -0.3 is 4.74 Å². The van der Waals surface area contributed by atoms with Gasteiger partial charge in [0.2, 0.25) is 5.16 Å². The van der Waals surface area contributed by atoms with Gasteiger partial charge in [0.1, 0.15) is 11.4 Å². The third kappa shape index (κ3) is 3.08. The van der Waals surface area contributed by atoms with Crippen LogP contribution in [-0.2, 0) is 0 Å². The molecule has 1 aromatic heterocycles. The predicted octanol–water partition coefficient (Wildman–Crippen LogP) is 2.23. The number of benzene rings is 1. The van der Waals surface area contributed by atoms with Gasteiger partial charge in [0.25, 0.3) is 0 Å². The van der Waals surface area contributed by atoms with Crippen molar-refractivity contribution in [2.45, 2.75) is 19.0 Å².